The number of aryl methyl sites for hydroxylation is 1. The maximum atomic E-state index is 6.05. The molecule has 0 unspecified atom stereocenters. The number of nitrogens with zero attached hydrogens (tertiary/aromatic N) is 3. The van der Waals surface area contributed by atoms with Crippen molar-refractivity contribution in [3.63, 3.8) is 0 Å². The summed E-state index contributed by atoms with van der Waals surface area (Å²) in [6.07, 6.45) is 4.59. The number of hydrogen-bond acceptors (Lipinski definition) is 3. The lowest BCUT2D eigenvalue weighted by molar-refractivity contribution is 0.220. The van der Waals surface area contributed by atoms with Crippen LogP contribution in [0, 0.1) is 0 Å². The maximum absolute atomic E-state index is 6.05. The number of rotatable bonds is 6. The van der Waals surface area contributed by atoms with Crippen LogP contribution in [0.5, 0.6) is 0 Å². The van der Waals surface area contributed by atoms with Gasteiger partial charge in [-0.05, 0) is 43.5 Å². The van der Waals surface area contributed by atoms with Crippen molar-refractivity contribution in [1.82, 2.24) is 9.88 Å². The Bertz CT molecular complexity index is 442. The average molecular weight is 310 g/mol. The van der Waals surface area contributed by atoms with E-state index in [-0.39, 0.29) is 0 Å². The summed E-state index contributed by atoms with van der Waals surface area (Å²) in [4.78, 5) is 9.73. The lowest BCUT2D eigenvalue weighted by Gasteiger charge is -2.37. The van der Waals surface area contributed by atoms with Crippen LogP contribution in [-0.4, -0.2) is 42.6 Å². The first kappa shape index (κ1) is 16.6. The number of piperidine rings is 1. The molecule has 0 spiro atoms. The highest BCUT2D eigenvalue weighted by atomic mass is 35.5. The first-order valence-corrected chi connectivity index (χ1v) is 8.72. The molecular formula is C17H28ClN3. The van der Waals surface area contributed by atoms with E-state index in [4.69, 9.17) is 16.6 Å². The van der Waals surface area contributed by atoms with Gasteiger partial charge in [0.2, 0.25) is 0 Å². The molecule has 0 N–H and O–H groups in total. The molecule has 0 amide bonds. The number of aromatic nitrogens is 1. The summed E-state index contributed by atoms with van der Waals surface area (Å²) in [5.41, 5.74) is 2.35. The molecule has 0 aliphatic carbocycles. The summed E-state index contributed by atoms with van der Waals surface area (Å²) in [6.45, 7) is 7.99. The minimum Gasteiger partial charge on any atom is -0.357 e. The van der Waals surface area contributed by atoms with E-state index < -0.39 is 0 Å². The summed E-state index contributed by atoms with van der Waals surface area (Å²) in [6, 6.07) is 4.90. The average Bonchev–Trinajstić information content (AvgIpc) is 2.54. The Morgan fingerprint density at radius 3 is 2.57 bits per heavy atom. The monoisotopic (exact) mass is 309 g/mol. The number of anilines is 1. The van der Waals surface area contributed by atoms with E-state index in [2.05, 4.69) is 42.8 Å². The predicted octanol–water partition coefficient (Wildman–Crippen LogP) is 3.69. The van der Waals surface area contributed by atoms with Gasteiger partial charge in [-0.1, -0.05) is 20.3 Å². The van der Waals surface area contributed by atoms with Crippen LogP contribution in [0.4, 0.5) is 5.82 Å². The van der Waals surface area contributed by atoms with E-state index >= 15 is 0 Å². The number of halogens is 1. The fraction of sp³-hybridized carbons (Fsp3) is 0.706. The predicted molar refractivity (Wildman–Crippen MR) is 91.3 cm³/mol. The van der Waals surface area contributed by atoms with Gasteiger partial charge in [-0.2, -0.15) is 0 Å². The van der Waals surface area contributed by atoms with Crippen molar-refractivity contribution in [2.75, 3.05) is 31.6 Å². The van der Waals surface area contributed by atoms with Crippen molar-refractivity contribution < 1.29 is 0 Å². The minimum atomic E-state index is 0.564. The van der Waals surface area contributed by atoms with Crippen molar-refractivity contribution in [1.29, 1.82) is 0 Å². The van der Waals surface area contributed by atoms with E-state index in [1.807, 2.05) is 0 Å². The summed E-state index contributed by atoms with van der Waals surface area (Å²) in [7, 11) is 2.18. The van der Waals surface area contributed by atoms with Gasteiger partial charge in [0.25, 0.3) is 0 Å². The molecule has 0 radical (unpaired) electrons. The van der Waals surface area contributed by atoms with Gasteiger partial charge in [-0.3, -0.25) is 0 Å². The third-order valence-corrected chi connectivity index (χ3v) is 4.81. The smallest absolute Gasteiger partial charge is 0.129 e. The Labute approximate surface area is 134 Å². The standard InChI is InChI=1S/C17H28ClN3/c1-4-6-15-11-14(13-18)12-17(19-15)20(3)16-7-9-21(5-2)10-8-16/h11-12,16H,4-10,13H2,1-3H3. The molecule has 1 fully saturated rings. The number of likely N-dealkylation sites (tertiary alicyclic amines) is 1. The lowest BCUT2D eigenvalue weighted by atomic mass is 10.0. The Kier molecular flexibility index (Phi) is 6.31. The SMILES string of the molecule is CCCc1cc(CCl)cc(N(C)C2CCN(CC)CC2)n1. The fourth-order valence-electron chi connectivity index (χ4n) is 3.09. The molecule has 0 aromatic carbocycles. The Hall–Kier alpha value is -0.800. The molecule has 118 valence electrons. The van der Waals surface area contributed by atoms with Gasteiger partial charge < -0.3 is 9.80 Å². The van der Waals surface area contributed by atoms with E-state index in [1.165, 1.54) is 37.2 Å². The zero-order chi connectivity index (χ0) is 15.2. The summed E-state index contributed by atoms with van der Waals surface area (Å²) in [5.74, 6) is 1.65. The quantitative estimate of drug-likeness (QED) is 0.747. The molecule has 21 heavy (non-hydrogen) atoms. The second-order valence-electron chi connectivity index (χ2n) is 5.98. The van der Waals surface area contributed by atoms with Gasteiger partial charge in [0, 0.05) is 37.8 Å². The Balaban J connectivity index is 2.10. The van der Waals surface area contributed by atoms with Crippen LogP contribution in [0.3, 0.4) is 0 Å². The van der Waals surface area contributed by atoms with Crippen LogP contribution in [0.2, 0.25) is 0 Å². The number of pyridine rings is 1. The largest absolute Gasteiger partial charge is 0.357 e. The highest BCUT2D eigenvalue weighted by Gasteiger charge is 2.22. The maximum Gasteiger partial charge on any atom is 0.129 e. The first-order valence-electron chi connectivity index (χ1n) is 8.18. The third-order valence-electron chi connectivity index (χ3n) is 4.50. The van der Waals surface area contributed by atoms with Gasteiger partial charge in [0.15, 0.2) is 0 Å². The van der Waals surface area contributed by atoms with Crippen molar-refractivity contribution in [2.24, 2.45) is 0 Å². The molecule has 3 nitrogen and oxygen atoms in total. The fourth-order valence-corrected chi connectivity index (χ4v) is 3.24. The molecule has 0 atom stereocenters. The molecule has 0 bridgehead atoms. The molecule has 2 heterocycles. The molecule has 1 aliphatic heterocycles. The van der Waals surface area contributed by atoms with Gasteiger partial charge in [0.05, 0.1) is 0 Å². The third kappa shape index (κ3) is 4.33. The van der Waals surface area contributed by atoms with Gasteiger partial charge in [0.1, 0.15) is 5.82 Å². The van der Waals surface area contributed by atoms with E-state index in [0.29, 0.717) is 11.9 Å². The van der Waals surface area contributed by atoms with Crippen LogP contribution < -0.4 is 4.90 Å². The van der Waals surface area contributed by atoms with Crippen LogP contribution in [0.25, 0.3) is 0 Å². The van der Waals surface area contributed by atoms with Crippen LogP contribution in [-0.2, 0) is 12.3 Å². The number of hydrogen-bond donors (Lipinski definition) is 0. The van der Waals surface area contributed by atoms with E-state index in [1.54, 1.807) is 0 Å². The van der Waals surface area contributed by atoms with Crippen molar-refractivity contribution >= 4 is 17.4 Å². The van der Waals surface area contributed by atoms with Gasteiger partial charge in [-0.15, -0.1) is 11.6 Å². The molecule has 1 aromatic rings. The van der Waals surface area contributed by atoms with Gasteiger partial charge >= 0.3 is 0 Å². The Morgan fingerprint density at radius 2 is 2.00 bits per heavy atom. The summed E-state index contributed by atoms with van der Waals surface area (Å²) in [5, 5.41) is 0. The molecule has 1 aromatic heterocycles. The highest BCUT2D eigenvalue weighted by Crippen LogP contribution is 2.23. The van der Waals surface area contributed by atoms with Crippen LogP contribution >= 0.6 is 11.6 Å². The zero-order valence-corrected chi connectivity index (χ0v) is 14.4. The topological polar surface area (TPSA) is 19.4 Å². The van der Waals surface area contributed by atoms with E-state index in [0.717, 1.165) is 25.2 Å². The summed E-state index contributed by atoms with van der Waals surface area (Å²) >= 11 is 6.05. The normalized spacial score (nSPS) is 17.1. The number of alkyl halides is 1. The van der Waals surface area contributed by atoms with Crippen molar-refractivity contribution in [3.8, 4) is 0 Å². The zero-order valence-electron chi connectivity index (χ0n) is 13.6. The summed E-state index contributed by atoms with van der Waals surface area (Å²) < 4.78 is 0. The molecule has 1 aliphatic rings. The van der Waals surface area contributed by atoms with Crippen LogP contribution in [0.15, 0.2) is 12.1 Å². The molecular weight excluding hydrogens is 282 g/mol. The van der Waals surface area contributed by atoms with Crippen LogP contribution in [0.1, 0.15) is 44.4 Å². The molecule has 2 rings (SSSR count). The second kappa shape index (κ2) is 8.00. The van der Waals surface area contributed by atoms with Gasteiger partial charge in [-0.25, -0.2) is 4.98 Å². The molecule has 0 saturated carbocycles. The van der Waals surface area contributed by atoms with Crippen molar-refractivity contribution in [2.45, 2.75) is 51.5 Å². The van der Waals surface area contributed by atoms with E-state index in [9.17, 15) is 0 Å². The molecule has 4 heteroatoms. The Morgan fingerprint density at radius 1 is 1.29 bits per heavy atom. The minimum absolute atomic E-state index is 0.564. The first-order chi connectivity index (χ1) is 10.2. The van der Waals surface area contributed by atoms with Crippen molar-refractivity contribution in [3.05, 3.63) is 23.4 Å². The second-order valence-corrected chi connectivity index (χ2v) is 6.25. The lowest BCUT2D eigenvalue weighted by Crippen LogP contribution is -2.43. The molecule has 1 saturated heterocycles. The highest BCUT2D eigenvalue weighted by molar-refractivity contribution is 6.17.